The highest BCUT2D eigenvalue weighted by Gasteiger charge is 2.38. The molecular formula is C15H19FN2. The summed E-state index contributed by atoms with van der Waals surface area (Å²) >= 11 is 0. The molecular weight excluding hydrogens is 227 g/mol. The van der Waals surface area contributed by atoms with Crippen molar-refractivity contribution in [1.29, 1.82) is 5.26 Å². The molecule has 0 aromatic heterocycles. The van der Waals surface area contributed by atoms with Crippen LogP contribution in [0, 0.1) is 29.0 Å². The predicted molar refractivity (Wildman–Crippen MR) is 70.5 cm³/mol. The van der Waals surface area contributed by atoms with E-state index in [9.17, 15) is 9.65 Å². The molecule has 1 aliphatic carbocycles. The summed E-state index contributed by atoms with van der Waals surface area (Å²) in [4.78, 5) is 0. The second kappa shape index (κ2) is 4.97. The molecule has 2 unspecified atom stereocenters. The molecule has 0 heterocycles. The topological polar surface area (TPSA) is 35.8 Å². The molecule has 1 aromatic rings. The highest BCUT2D eigenvalue weighted by Crippen LogP contribution is 2.37. The van der Waals surface area contributed by atoms with E-state index < -0.39 is 5.54 Å². The van der Waals surface area contributed by atoms with E-state index in [2.05, 4.69) is 25.2 Å². The Balaban J connectivity index is 2.18. The van der Waals surface area contributed by atoms with Gasteiger partial charge in [-0.05, 0) is 55.4 Å². The molecule has 1 aliphatic rings. The van der Waals surface area contributed by atoms with Crippen LogP contribution in [0.1, 0.15) is 33.1 Å². The molecule has 0 bridgehead atoms. The van der Waals surface area contributed by atoms with Crippen LogP contribution in [0.25, 0.3) is 0 Å². The second-order valence-corrected chi connectivity index (χ2v) is 5.68. The fourth-order valence-corrected chi connectivity index (χ4v) is 3.16. The summed E-state index contributed by atoms with van der Waals surface area (Å²) in [6, 6.07) is 8.66. The zero-order chi connectivity index (χ0) is 13.2. The van der Waals surface area contributed by atoms with E-state index in [0.717, 1.165) is 18.5 Å². The summed E-state index contributed by atoms with van der Waals surface area (Å²) in [6.45, 7) is 4.38. The number of rotatable bonds is 2. The average molecular weight is 246 g/mol. The van der Waals surface area contributed by atoms with Crippen molar-refractivity contribution in [3.05, 3.63) is 30.1 Å². The van der Waals surface area contributed by atoms with Gasteiger partial charge in [0.25, 0.3) is 0 Å². The maximum absolute atomic E-state index is 12.9. The van der Waals surface area contributed by atoms with Gasteiger partial charge in [-0.15, -0.1) is 0 Å². The van der Waals surface area contributed by atoms with Gasteiger partial charge in [-0.25, -0.2) is 4.39 Å². The fraction of sp³-hybridized carbons (Fsp3) is 0.533. The van der Waals surface area contributed by atoms with E-state index in [4.69, 9.17) is 0 Å². The Morgan fingerprint density at radius 1 is 1.22 bits per heavy atom. The van der Waals surface area contributed by atoms with Gasteiger partial charge in [0.15, 0.2) is 0 Å². The monoisotopic (exact) mass is 246 g/mol. The zero-order valence-corrected chi connectivity index (χ0v) is 10.9. The molecule has 0 amide bonds. The third kappa shape index (κ3) is 2.81. The Kier molecular flexibility index (Phi) is 3.56. The van der Waals surface area contributed by atoms with Crippen LogP contribution in [-0.2, 0) is 0 Å². The SMILES string of the molecule is CC1CC(C)CC(C#N)(Nc2ccc(F)cc2)C1. The van der Waals surface area contributed by atoms with E-state index in [0.29, 0.717) is 11.8 Å². The Labute approximate surface area is 108 Å². The molecule has 18 heavy (non-hydrogen) atoms. The number of anilines is 1. The zero-order valence-electron chi connectivity index (χ0n) is 10.9. The van der Waals surface area contributed by atoms with Gasteiger partial charge in [0.05, 0.1) is 6.07 Å². The molecule has 1 aromatic carbocycles. The molecule has 0 saturated heterocycles. The first kappa shape index (κ1) is 12.9. The lowest BCUT2D eigenvalue weighted by molar-refractivity contribution is 0.240. The minimum Gasteiger partial charge on any atom is -0.367 e. The Hall–Kier alpha value is -1.56. The normalized spacial score (nSPS) is 31.7. The summed E-state index contributed by atoms with van der Waals surface area (Å²) < 4.78 is 12.9. The number of nitriles is 1. The molecule has 1 fully saturated rings. The number of hydrogen-bond donors (Lipinski definition) is 1. The fourth-order valence-electron chi connectivity index (χ4n) is 3.16. The van der Waals surface area contributed by atoms with Crippen LogP contribution in [0.3, 0.4) is 0 Å². The third-order valence-corrected chi connectivity index (χ3v) is 3.64. The van der Waals surface area contributed by atoms with Gasteiger partial charge in [-0.3, -0.25) is 0 Å². The van der Waals surface area contributed by atoms with E-state index >= 15 is 0 Å². The first-order chi connectivity index (χ1) is 8.53. The van der Waals surface area contributed by atoms with Crippen LogP contribution in [0.5, 0.6) is 0 Å². The van der Waals surface area contributed by atoms with Gasteiger partial charge in [0, 0.05) is 5.69 Å². The van der Waals surface area contributed by atoms with Gasteiger partial charge in [-0.1, -0.05) is 13.8 Å². The van der Waals surface area contributed by atoms with Crippen LogP contribution in [0.15, 0.2) is 24.3 Å². The molecule has 3 heteroatoms. The molecule has 0 aliphatic heterocycles. The summed E-state index contributed by atoms with van der Waals surface area (Å²) in [5, 5.41) is 12.8. The minimum atomic E-state index is -0.505. The van der Waals surface area contributed by atoms with Crippen molar-refractivity contribution in [2.24, 2.45) is 11.8 Å². The highest BCUT2D eigenvalue weighted by atomic mass is 19.1. The Morgan fingerprint density at radius 2 is 1.78 bits per heavy atom. The van der Waals surface area contributed by atoms with E-state index in [1.54, 1.807) is 12.1 Å². The Morgan fingerprint density at radius 3 is 2.28 bits per heavy atom. The van der Waals surface area contributed by atoms with Crippen LogP contribution >= 0.6 is 0 Å². The molecule has 1 saturated carbocycles. The van der Waals surface area contributed by atoms with Crippen LogP contribution in [-0.4, -0.2) is 5.54 Å². The van der Waals surface area contributed by atoms with Crippen molar-refractivity contribution in [2.45, 2.75) is 38.6 Å². The molecule has 0 radical (unpaired) electrons. The largest absolute Gasteiger partial charge is 0.367 e. The second-order valence-electron chi connectivity index (χ2n) is 5.68. The van der Waals surface area contributed by atoms with Crippen LogP contribution < -0.4 is 5.32 Å². The van der Waals surface area contributed by atoms with Gasteiger partial charge in [-0.2, -0.15) is 5.26 Å². The van der Waals surface area contributed by atoms with Gasteiger partial charge in [0.2, 0.25) is 0 Å². The van der Waals surface area contributed by atoms with Crippen molar-refractivity contribution >= 4 is 5.69 Å². The van der Waals surface area contributed by atoms with Crippen molar-refractivity contribution in [3.8, 4) is 6.07 Å². The number of halogens is 1. The quantitative estimate of drug-likeness (QED) is 0.857. The first-order valence-corrected chi connectivity index (χ1v) is 6.48. The molecule has 0 spiro atoms. The smallest absolute Gasteiger partial charge is 0.125 e. The lowest BCUT2D eigenvalue weighted by Crippen LogP contribution is -2.43. The molecule has 2 rings (SSSR count). The van der Waals surface area contributed by atoms with Crippen molar-refractivity contribution in [3.63, 3.8) is 0 Å². The van der Waals surface area contributed by atoms with Crippen LogP contribution in [0.2, 0.25) is 0 Å². The van der Waals surface area contributed by atoms with Crippen LogP contribution in [0.4, 0.5) is 10.1 Å². The number of benzene rings is 1. The summed E-state index contributed by atoms with van der Waals surface area (Å²) in [6.07, 6.45) is 2.88. The molecule has 2 atom stereocenters. The lowest BCUT2D eigenvalue weighted by Gasteiger charge is -2.39. The van der Waals surface area contributed by atoms with Gasteiger partial charge >= 0.3 is 0 Å². The maximum atomic E-state index is 12.9. The summed E-state index contributed by atoms with van der Waals surface area (Å²) in [5.74, 6) is 0.833. The summed E-state index contributed by atoms with van der Waals surface area (Å²) in [7, 11) is 0. The lowest BCUT2D eigenvalue weighted by atomic mass is 9.72. The number of nitrogens with zero attached hydrogens (tertiary/aromatic N) is 1. The van der Waals surface area contributed by atoms with E-state index in [-0.39, 0.29) is 5.82 Å². The molecule has 96 valence electrons. The number of nitrogens with one attached hydrogen (secondary N) is 1. The van der Waals surface area contributed by atoms with Crippen molar-refractivity contribution in [2.75, 3.05) is 5.32 Å². The minimum absolute atomic E-state index is 0.253. The third-order valence-electron chi connectivity index (χ3n) is 3.64. The maximum Gasteiger partial charge on any atom is 0.125 e. The highest BCUT2D eigenvalue weighted by molar-refractivity contribution is 5.48. The van der Waals surface area contributed by atoms with E-state index in [1.165, 1.54) is 18.6 Å². The molecule has 2 nitrogen and oxygen atoms in total. The summed E-state index contributed by atoms with van der Waals surface area (Å²) in [5.41, 5.74) is 0.314. The van der Waals surface area contributed by atoms with Crippen molar-refractivity contribution < 1.29 is 4.39 Å². The Bertz CT molecular complexity index is 437. The van der Waals surface area contributed by atoms with Gasteiger partial charge in [0.1, 0.15) is 11.4 Å². The van der Waals surface area contributed by atoms with Gasteiger partial charge < -0.3 is 5.32 Å². The van der Waals surface area contributed by atoms with E-state index in [1.807, 2.05) is 0 Å². The van der Waals surface area contributed by atoms with Crippen molar-refractivity contribution in [1.82, 2.24) is 0 Å². The first-order valence-electron chi connectivity index (χ1n) is 6.48. The predicted octanol–water partition coefficient (Wildman–Crippen LogP) is 3.96. The molecule has 1 N–H and O–H groups in total. The average Bonchev–Trinajstić information content (AvgIpc) is 2.31. The number of hydrogen-bond acceptors (Lipinski definition) is 2. The standard InChI is InChI=1S/C15H19FN2/c1-11-7-12(2)9-15(8-11,10-17)18-14-5-3-13(16)4-6-14/h3-6,11-12,18H,7-9H2,1-2H3.